The van der Waals surface area contributed by atoms with E-state index in [9.17, 15) is 4.79 Å². The van der Waals surface area contributed by atoms with E-state index in [1.165, 1.54) is 11.8 Å². The molecule has 1 heterocycles. The smallest absolute Gasteiger partial charge is 0.323 e. The number of hydrogen-bond acceptors (Lipinski definition) is 7. The van der Waals surface area contributed by atoms with Crippen molar-refractivity contribution < 1.29 is 13.9 Å². The van der Waals surface area contributed by atoms with E-state index in [0.29, 0.717) is 23.5 Å². The molecule has 0 aliphatic carbocycles. The van der Waals surface area contributed by atoms with Gasteiger partial charge in [-0.15, -0.1) is 10.2 Å². The zero-order chi connectivity index (χ0) is 11.3. The fraction of sp³-hybridized carbons (Fsp3) is 0.625. The van der Waals surface area contributed by atoms with E-state index >= 15 is 0 Å². The van der Waals surface area contributed by atoms with Gasteiger partial charge in [0.25, 0.3) is 5.22 Å². The molecule has 1 atom stereocenters. The quantitative estimate of drug-likeness (QED) is 0.577. The molecule has 7 heteroatoms. The van der Waals surface area contributed by atoms with E-state index in [4.69, 9.17) is 14.9 Å². The Kier molecular flexibility index (Phi) is 4.57. The third kappa shape index (κ3) is 3.88. The molecule has 1 aromatic heterocycles. The number of thioether (sulfide) groups is 1. The highest BCUT2D eigenvalue weighted by atomic mass is 32.2. The second-order valence-corrected chi connectivity index (χ2v) is 3.73. The molecule has 0 aromatic carbocycles. The highest BCUT2D eigenvalue weighted by Crippen LogP contribution is 2.16. The molecule has 6 nitrogen and oxygen atoms in total. The van der Waals surface area contributed by atoms with Gasteiger partial charge in [0, 0.05) is 12.7 Å². The van der Waals surface area contributed by atoms with Gasteiger partial charge in [0.2, 0.25) is 5.89 Å². The van der Waals surface area contributed by atoms with Gasteiger partial charge in [-0.3, -0.25) is 4.79 Å². The number of nitrogens with zero attached hydrogens (tertiary/aromatic N) is 2. The Labute approximate surface area is 91.6 Å². The van der Waals surface area contributed by atoms with Gasteiger partial charge in [-0.05, 0) is 6.92 Å². The van der Waals surface area contributed by atoms with Gasteiger partial charge < -0.3 is 14.9 Å². The average Bonchev–Trinajstić information content (AvgIpc) is 2.61. The second kappa shape index (κ2) is 5.72. The lowest BCUT2D eigenvalue weighted by Crippen LogP contribution is -2.34. The summed E-state index contributed by atoms with van der Waals surface area (Å²) >= 11 is 1.24. The molecule has 84 valence electrons. The third-order valence-electron chi connectivity index (χ3n) is 1.48. The van der Waals surface area contributed by atoms with Crippen molar-refractivity contribution in [2.75, 3.05) is 12.4 Å². The molecule has 0 fully saturated rings. The molecule has 0 aliphatic heterocycles. The minimum atomic E-state index is -0.665. The Morgan fingerprint density at radius 2 is 2.40 bits per heavy atom. The molecule has 0 amide bonds. The Balaban J connectivity index is 2.33. The van der Waals surface area contributed by atoms with E-state index < -0.39 is 12.0 Å². The molecule has 0 bridgehead atoms. The highest BCUT2D eigenvalue weighted by Gasteiger charge is 2.16. The van der Waals surface area contributed by atoms with Gasteiger partial charge in [0.15, 0.2) is 0 Å². The van der Waals surface area contributed by atoms with Crippen molar-refractivity contribution in [1.82, 2.24) is 10.2 Å². The van der Waals surface area contributed by atoms with Crippen LogP contribution in [0.5, 0.6) is 0 Å². The van der Waals surface area contributed by atoms with Crippen LogP contribution < -0.4 is 5.73 Å². The van der Waals surface area contributed by atoms with Gasteiger partial charge in [0.05, 0.1) is 6.61 Å². The zero-order valence-electron chi connectivity index (χ0n) is 8.60. The van der Waals surface area contributed by atoms with Crippen molar-refractivity contribution in [2.24, 2.45) is 5.73 Å². The van der Waals surface area contributed by atoms with E-state index in [1.54, 1.807) is 13.8 Å². The lowest BCUT2D eigenvalue weighted by atomic mass is 10.4. The van der Waals surface area contributed by atoms with Crippen molar-refractivity contribution in [2.45, 2.75) is 25.1 Å². The molecule has 0 saturated carbocycles. The molecule has 1 rings (SSSR count). The predicted molar refractivity (Wildman–Crippen MR) is 54.4 cm³/mol. The van der Waals surface area contributed by atoms with Crippen molar-refractivity contribution in [3.05, 3.63) is 5.89 Å². The number of aryl methyl sites for hydroxylation is 1. The Hall–Kier alpha value is -1.08. The van der Waals surface area contributed by atoms with Crippen LogP contribution >= 0.6 is 11.8 Å². The summed E-state index contributed by atoms with van der Waals surface area (Å²) in [5.41, 5.74) is 5.57. The lowest BCUT2D eigenvalue weighted by molar-refractivity contribution is -0.144. The van der Waals surface area contributed by atoms with E-state index in [0.717, 1.165) is 0 Å². The molecule has 1 aromatic rings. The summed E-state index contributed by atoms with van der Waals surface area (Å²) in [5, 5.41) is 7.82. The van der Waals surface area contributed by atoms with Crippen LogP contribution in [0.2, 0.25) is 0 Å². The topological polar surface area (TPSA) is 91.2 Å². The first-order valence-corrected chi connectivity index (χ1v) is 5.47. The van der Waals surface area contributed by atoms with Crippen molar-refractivity contribution >= 4 is 17.7 Å². The Morgan fingerprint density at radius 1 is 1.67 bits per heavy atom. The first kappa shape index (κ1) is 12.0. The number of esters is 1. The van der Waals surface area contributed by atoms with Crippen LogP contribution in [0.4, 0.5) is 0 Å². The summed E-state index contributed by atoms with van der Waals surface area (Å²) in [4.78, 5) is 11.1. The molecule has 0 saturated heterocycles. The summed E-state index contributed by atoms with van der Waals surface area (Å²) in [6.45, 7) is 3.76. The molecule has 1 unspecified atom stereocenters. The van der Waals surface area contributed by atoms with Crippen LogP contribution in [0.25, 0.3) is 0 Å². The molecular formula is C8H13N3O3S. The largest absolute Gasteiger partial charge is 0.465 e. The minimum absolute atomic E-state index is 0.330. The zero-order valence-corrected chi connectivity index (χ0v) is 9.41. The predicted octanol–water partition coefficient (Wildman–Crippen LogP) is 0.361. The highest BCUT2D eigenvalue weighted by molar-refractivity contribution is 7.99. The van der Waals surface area contributed by atoms with Crippen LogP contribution in [0.15, 0.2) is 9.64 Å². The van der Waals surface area contributed by atoms with Crippen molar-refractivity contribution in [1.29, 1.82) is 0 Å². The third-order valence-corrected chi connectivity index (χ3v) is 2.42. The monoisotopic (exact) mass is 231 g/mol. The molecule has 0 aliphatic rings. The number of rotatable bonds is 5. The normalized spacial score (nSPS) is 12.5. The van der Waals surface area contributed by atoms with Crippen molar-refractivity contribution in [3.63, 3.8) is 0 Å². The maximum atomic E-state index is 11.1. The summed E-state index contributed by atoms with van der Waals surface area (Å²) in [6.07, 6.45) is 0. The van der Waals surface area contributed by atoms with Gasteiger partial charge in [-0.25, -0.2) is 0 Å². The number of carbonyl (C=O) groups is 1. The van der Waals surface area contributed by atoms with Crippen LogP contribution in [0.3, 0.4) is 0 Å². The average molecular weight is 231 g/mol. The molecule has 0 radical (unpaired) electrons. The number of nitrogens with two attached hydrogens (primary N) is 1. The van der Waals surface area contributed by atoms with Gasteiger partial charge in [-0.1, -0.05) is 11.8 Å². The Morgan fingerprint density at radius 3 is 2.93 bits per heavy atom. The van der Waals surface area contributed by atoms with Gasteiger partial charge >= 0.3 is 5.97 Å². The first-order valence-electron chi connectivity index (χ1n) is 4.48. The van der Waals surface area contributed by atoms with Crippen LogP contribution in [0.1, 0.15) is 12.8 Å². The summed E-state index contributed by atoms with van der Waals surface area (Å²) in [7, 11) is 0. The van der Waals surface area contributed by atoms with Crippen LogP contribution in [-0.2, 0) is 9.53 Å². The van der Waals surface area contributed by atoms with E-state index in [-0.39, 0.29) is 0 Å². The SMILES string of the molecule is CCOC(=O)C(N)CSc1nnc(C)o1. The summed E-state index contributed by atoms with van der Waals surface area (Å²) in [5.74, 6) is 0.434. The number of hydrogen-bond donors (Lipinski definition) is 1. The van der Waals surface area contributed by atoms with Crippen LogP contribution in [-0.4, -0.2) is 34.6 Å². The fourth-order valence-electron chi connectivity index (χ4n) is 0.815. The molecule has 0 spiro atoms. The second-order valence-electron chi connectivity index (χ2n) is 2.76. The van der Waals surface area contributed by atoms with Crippen molar-refractivity contribution in [3.8, 4) is 0 Å². The molecule has 15 heavy (non-hydrogen) atoms. The first-order chi connectivity index (χ1) is 7.13. The number of aromatic nitrogens is 2. The summed E-state index contributed by atoms with van der Waals surface area (Å²) < 4.78 is 9.86. The standard InChI is InChI=1S/C8H13N3O3S/c1-3-13-7(12)6(9)4-15-8-11-10-5(2)14-8/h6H,3-4,9H2,1-2H3. The van der Waals surface area contributed by atoms with Gasteiger partial charge in [-0.2, -0.15) is 0 Å². The lowest BCUT2D eigenvalue weighted by Gasteiger charge is -2.07. The molecular weight excluding hydrogens is 218 g/mol. The Bertz CT molecular complexity index is 329. The van der Waals surface area contributed by atoms with E-state index in [2.05, 4.69) is 10.2 Å². The maximum absolute atomic E-state index is 11.1. The number of ether oxygens (including phenoxy) is 1. The van der Waals surface area contributed by atoms with E-state index in [1.807, 2.05) is 0 Å². The fourth-order valence-corrected chi connectivity index (χ4v) is 1.55. The maximum Gasteiger partial charge on any atom is 0.323 e. The molecule has 2 N–H and O–H groups in total. The van der Waals surface area contributed by atoms with Crippen LogP contribution in [0, 0.1) is 6.92 Å². The minimum Gasteiger partial charge on any atom is -0.465 e. The number of carbonyl (C=O) groups excluding carboxylic acids is 1. The summed E-state index contributed by atoms with van der Waals surface area (Å²) in [6, 6.07) is -0.665. The van der Waals surface area contributed by atoms with Gasteiger partial charge in [0.1, 0.15) is 6.04 Å².